The highest BCUT2D eigenvalue weighted by atomic mass is 35.5. The summed E-state index contributed by atoms with van der Waals surface area (Å²) < 4.78 is 2.08. The first-order valence-electron chi connectivity index (χ1n) is 5.97. The summed E-state index contributed by atoms with van der Waals surface area (Å²) >= 11 is 5.79. The lowest BCUT2D eigenvalue weighted by Gasteiger charge is -2.07. The van der Waals surface area contributed by atoms with Crippen LogP contribution in [0, 0.1) is 0 Å². The first kappa shape index (κ1) is 12.9. The number of hydrogen-bond donors (Lipinski definition) is 1. The SMILES string of the molecule is CNC(=O)CCn1c(CCCl)nc2ccccc21. The topological polar surface area (TPSA) is 46.9 Å². The molecule has 1 heterocycles. The van der Waals surface area contributed by atoms with Gasteiger partial charge in [-0.1, -0.05) is 12.1 Å². The van der Waals surface area contributed by atoms with Gasteiger partial charge in [0.1, 0.15) is 5.82 Å². The van der Waals surface area contributed by atoms with E-state index in [0.29, 0.717) is 25.3 Å². The molecule has 0 bridgehead atoms. The summed E-state index contributed by atoms with van der Waals surface area (Å²) in [7, 11) is 1.65. The van der Waals surface area contributed by atoms with Gasteiger partial charge in [0.2, 0.25) is 5.91 Å². The number of amides is 1. The first-order valence-corrected chi connectivity index (χ1v) is 6.50. The fourth-order valence-electron chi connectivity index (χ4n) is 1.99. The quantitative estimate of drug-likeness (QED) is 0.840. The molecule has 0 radical (unpaired) electrons. The van der Waals surface area contributed by atoms with Gasteiger partial charge in [0.25, 0.3) is 0 Å². The molecular formula is C13H16ClN3O. The number of halogens is 1. The van der Waals surface area contributed by atoms with Crippen molar-refractivity contribution in [1.29, 1.82) is 0 Å². The molecule has 2 rings (SSSR count). The van der Waals surface area contributed by atoms with Crippen LogP contribution in [0.15, 0.2) is 24.3 Å². The number of fused-ring (bicyclic) bond motifs is 1. The van der Waals surface area contributed by atoms with Crippen molar-refractivity contribution in [2.75, 3.05) is 12.9 Å². The van der Waals surface area contributed by atoms with Gasteiger partial charge in [-0.05, 0) is 12.1 Å². The number of aromatic nitrogens is 2. The average molecular weight is 266 g/mol. The zero-order chi connectivity index (χ0) is 13.0. The molecule has 1 aromatic heterocycles. The molecule has 0 aliphatic rings. The van der Waals surface area contributed by atoms with Gasteiger partial charge in [-0.2, -0.15) is 0 Å². The third-order valence-corrected chi connectivity index (χ3v) is 3.08. The lowest BCUT2D eigenvalue weighted by molar-refractivity contribution is -0.120. The molecule has 1 aromatic carbocycles. The second kappa shape index (κ2) is 5.87. The summed E-state index contributed by atoms with van der Waals surface area (Å²) in [5, 5.41) is 2.63. The van der Waals surface area contributed by atoms with Crippen LogP contribution >= 0.6 is 11.6 Å². The number of para-hydroxylation sites is 2. The monoisotopic (exact) mass is 265 g/mol. The zero-order valence-electron chi connectivity index (χ0n) is 10.3. The lowest BCUT2D eigenvalue weighted by atomic mass is 10.3. The van der Waals surface area contributed by atoms with E-state index in [1.807, 2.05) is 24.3 Å². The number of aryl methyl sites for hydroxylation is 2. The Morgan fingerprint density at radius 3 is 2.94 bits per heavy atom. The van der Waals surface area contributed by atoms with Crippen LogP contribution in [0.5, 0.6) is 0 Å². The number of carbonyl (C=O) groups excluding carboxylic acids is 1. The van der Waals surface area contributed by atoms with Crippen LogP contribution < -0.4 is 5.32 Å². The van der Waals surface area contributed by atoms with Crippen LogP contribution in [-0.2, 0) is 17.8 Å². The number of rotatable bonds is 5. The van der Waals surface area contributed by atoms with E-state index >= 15 is 0 Å². The molecule has 0 unspecified atom stereocenters. The second-order valence-corrected chi connectivity index (χ2v) is 4.41. The smallest absolute Gasteiger partial charge is 0.221 e. The molecule has 2 aromatic rings. The number of hydrogen-bond acceptors (Lipinski definition) is 2. The predicted octanol–water partition coefficient (Wildman–Crippen LogP) is 1.95. The van der Waals surface area contributed by atoms with Gasteiger partial charge in [-0.25, -0.2) is 4.98 Å². The molecule has 1 amide bonds. The Kier molecular flexibility index (Phi) is 4.20. The highest BCUT2D eigenvalue weighted by Crippen LogP contribution is 2.17. The van der Waals surface area contributed by atoms with Crippen molar-refractivity contribution in [3.63, 3.8) is 0 Å². The van der Waals surface area contributed by atoms with Gasteiger partial charge in [0, 0.05) is 32.3 Å². The molecule has 0 fully saturated rings. The predicted molar refractivity (Wildman–Crippen MR) is 72.8 cm³/mol. The number of alkyl halides is 1. The Bertz CT molecular complexity index is 550. The van der Waals surface area contributed by atoms with Gasteiger partial charge in [0.05, 0.1) is 11.0 Å². The van der Waals surface area contributed by atoms with Crippen molar-refractivity contribution in [3.8, 4) is 0 Å². The van der Waals surface area contributed by atoms with Crippen LogP contribution in [0.4, 0.5) is 0 Å². The van der Waals surface area contributed by atoms with Gasteiger partial charge in [-0.15, -0.1) is 11.6 Å². The summed E-state index contributed by atoms with van der Waals surface area (Å²) in [6, 6.07) is 7.93. The Morgan fingerprint density at radius 1 is 1.44 bits per heavy atom. The van der Waals surface area contributed by atoms with Crippen LogP contribution in [0.2, 0.25) is 0 Å². The van der Waals surface area contributed by atoms with Crippen molar-refractivity contribution in [1.82, 2.24) is 14.9 Å². The molecule has 5 heteroatoms. The van der Waals surface area contributed by atoms with Crippen molar-refractivity contribution < 1.29 is 4.79 Å². The molecule has 4 nitrogen and oxygen atoms in total. The van der Waals surface area contributed by atoms with E-state index in [2.05, 4.69) is 14.9 Å². The number of nitrogens with zero attached hydrogens (tertiary/aromatic N) is 2. The van der Waals surface area contributed by atoms with Gasteiger partial charge in [-0.3, -0.25) is 4.79 Å². The summed E-state index contributed by atoms with van der Waals surface area (Å²) in [6.45, 7) is 0.631. The largest absolute Gasteiger partial charge is 0.359 e. The van der Waals surface area contributed by atoms with E-state index in [-0.39, 0.29) is 5.91 Å². The molecule has 0 atom stereocenters. The lowest BCUT2D eigenvalue weighted by Crippen LogP contribution is -2.20. The minimum Gasteiger partial charge on any atom is -0.359 e. The molecule has 18 heavy (non-hydrogen) atoms. The van der Waals surface area contributed by atoms with E-state index in [0.717, 1.165) is 16.9 Å². The summed E-state index contributed by atoms with van der Waals surface area (Å²) in [4.78, 5) is 15.9. The minimum absolute atomic E-state index is 0.0320. The Labute approximate surface area is 111 Å². The maximum atomic E-state index is 11.3. The molecular weight excluding hydrogens is 250 g/mol. The maximum absolute atomic E-state index is 11.3. The van der Waals surface area contributed by atoms with Crippen LogP contribution in [-0.4, -0.2) is 28.4 Å². The zero-order valence-corrected chi connectivity index (χ0v) is 11.1. The third-order valence-electron chi connectivity index (χ3n) is 2.89. The number of nitrogens with one attached hydrogen (secondary N) is 1. The molecule has 0 aliphatic carbocycles. The van der Waals surface area contributed by atoms with Gasteiger partial charge >= 0.3 is 0 Å². The normalized spacial score (nSPS) is 10.8. The van der Waals surface area contributed by atoms with E-state index in [4.69, 9.17) is 11.6 Å². The van der Waals surface area contributed by atoms with Crippen molar-refractivity contribution in [3.05, 3.63) is 30.1 Å². The Balaban J connectivity index is 2.32. The summed E-state index contributed by atoms with van der Waals surface area (Å²) in [5.74, 6) is 1.50. The maximum Gasteiger partial charge on any atom is 0.221 e. The highest BCUT2D eigenvalue weighted by molar-refractivity contribution is 6.17. The molecule has 0 aliphatic heterocycles. The number of benzene rings is 1. The molecule has 0 saturated heterocycles. The average Bonchev–Trinajstić information content (AvgIpc) is 2.74. The molecule has 96 valence electrons. The van der Waals surface area contributed by atoms with Crippen molar-refractivity contribution in [2.24, 2.45) is 0 Å². The van der Waals surface area contributed by atoms with Crippen LogP contribution in [0.3, 0.4) is 0 Å². The van der Waals surface area contributed by atoms with Crippen molar-refractivity contribution >= 4 is 28.5 Å². The molecule has 0 spiro atoms. The Morgan fingerprint density at radius 2 is 2.22 bits per heavy atom. The fraction of sp³-hybridized carbons (Fsp3) is 0.385. The Hall–Kier alpha value is -1.55. The van der Waals surface area contributed by atoms with Crippen LogP contribution in [0.1, 0.15) is 12.2 Å². The van der Waals surface area contributed by atoms with Crippen LogP contribution in [0.25, 0.3) is 11.0 Å². The highest BCUT2D eigenvalue weighted by Gasteiger charge is 2.10. The number of imidazole rings is 1. The van der Waals surface area contributed by atoms with E-state index in [9.17, 15) is 4.79 Å². The van der Waals surface area contributed by atoms with Gasteiger partial charge in [0.15, 0.2) is 0 Å². The summed E-state index contributed by atoms with van der Waals surface area (Å²) in [5.41, 5.74) is 2.01. The standard InChI is InChI=1S/C13H16ClN3O/c1-15-13(18)7-9-17-11-5-3-2-4-10(11)16-12(17)6-8-14/h2-5H,6-9H2,1H3,(H,15,18). The molecule has 1 N–H and O–H groups in total. The van der Waals surface area contributed by atoms with E-state index < -0.39 is 0 Å². The second-order valence-electron chi connectivity index (χ2n) is 4.03. The van der Waals surface area contributed by atoms with E-state index in [1.54, 1.807) is 7.05 Å². The fourth-order valence-corrected chi connectivity index (χ4v) is 2.16. The molecule has 0 saturated carbocycles. The summed E-state index contributed by atoms with van der Waals surface area (Å²) in [6.07, 6.45) is 1.16. The van der Waals surface area contributed by atoms with E-state index in [1.165, 1.54) is 0 Å². The van der Waals surface area contributed by atoms with Gasteiger partial charge < -0.3 is 9.88 Å². The number of carbonyl (C=O) groups is 1. The van der Waals surface area contributed by atoms with Crippen molar-refractivity contribution in [2.45, 2.75) is 19.4 Å². The minimum atomic E-state index is 0.0320. The first-order chi connectivity index (χ1) is 8.76. The third kappa shape index (κ3) is 2.64.